The van der Waals surface area contributed by atoms with Gasteiger partial charge in [0.1, 0.15) is 5.75 Å². The number of para-hydroxylation sites is 2. The molecule has 0 spiro atoms. The Kier molecular flexibility index (Phi) is 7.06. The van der Waals surface area contributed by atoms with Crippen LogP contribution < -0.4 is 9.64 Å². The fourth-order valence-electron chi connectivity index (χ4n) is 2.17. The average molecular weight is 293 g/mol. The van der Waals surface area contributed by atoms with Crippen molar-refractivity contribution in [3.8, 4) is 5.75 Å². The number of carboxylic acid groups (broad SMARTS) is 1. The van der Waals surface area contributed by atoms with Crippen LogP contribution >= 0.6 is 0 Å². The molecule has 118 valence electrons. The monoisotopic (exact) mass is 293 g/mol. The Morgan fingerprint density at radius 1 is 1.24 bits per heavy atom. The van der Waals surface area contributed by atoms with Crippen LogP contribution in [0.4, 0.5) is 5.69 Å². The molecule has 0 saturated carbocycles. The number of aliphatic carboxylic acids is 1. The number of rotatable bonds is 9. The van der Waals surface area contributed by atoms with E-state index < -0.39 is 11.9 Å². The summed E-state index contributed by atoms with van der Waals surface area (Å²) in [7, 11) is 0. The normalized spacial score (nSPS) is 12.2. The summed E-state index contributed by atoms with van der Waals surface area (Å²) in [4.78, 5) is 13.3. The first-order chi connectivity index (χ1) is 9.95. The fourth-order valence-corrected chi connectivity index (χ4v) is 2.17. The molecule has 0 aliphatic carbocycles. The van der Waals surface area contributed by atoms with Gasteiger partial charge in [-0.05, 0) is 24.5 Å². The molecular formula is C17H27NO3. The van der Waals surface area contributed by atoms with E-state index in [1.165, 1.54) is 0 Å². The van der Waals surface area contributed by atoms with Gasteiger partial charge in [0.05, 0.1) is 18.2 Å². The van der Waals surface area contributed by atoms with Gasteiger partial charge in [0.25, 0.3) is 0 Å². The topological polar surface area (TPSA) is 49.8 Å². The van der Waals surface area contributed by atoms with Crippen LogP contribution in [0.3, 0.4) is 0 Å². The molecule has 0 aliphatic rings. The third-order valence-electron chi connectivity index (χ3n) is 3.17. The van der Waals surface area contributed by atoms with Gasteiger partial charge >= 0.3 is 5.97 Å². The third-order valence-corrected chi connectivity index (χ3v) is 3.17. The average Bonchev–Trinajstić information content (AvgIpc) is 2.44. The van der Waals surface area contributed by atoms with Gasteiger partial charge in [-0.3, -0.25) is 4.79 Å². The lowest BCUT2D eigenvalue weighted by atomic mass is 10.1. The van der Waals surface area contributed by atoms with E-state index in [0.717, 1.165) is 24.4 Å². The Labute approximate surface area is 127 Å². The second-order valence-corrected chi connectivity index (χ2v) is 5.85. The number of anilines is 1. The molecule has 0 heterocycles. The van der Waals surface area contributed by atoms with E-state index >= 15 is 0 Å². The van der Waals surface area contributed by atoms with Crippen molar-refractivity contribution in [2.75, 3.05) is 24.6 Å². The lowest BCUT2D eigenvalue weighted by Gasteiger charge is -2.30. The zero-order chi connectivity index (χ0) is 15.8. The highest BCUT2D eigenvalue weighted by atomic mass is 16.5. The Hall–Kier alpha value is -1.71. The molecule has 21 heavy (non-hydrogen) atoms. The first kappa shape index (κ1) is 17.3. The number of hydrogen-bond acceptors (Lipinski definition) is 3. The molecule has 0 bridgehead atoms. The second kappa shape index (κ2) is 8.55. The Morgan fingerprint density at radius 3 is 2.48 bits per heavy atom. The van der Waals surface area contributed by atoms with Crippen molar-refractivity contribution < 1.29 is 14.6 Å². The van der Waals surface area contributed by atoms with Crippen LogP contribution in [0.1, 0.15) is 34.1 Å². The van der Waals surface area contributed by atoms with Gasteiger partial charge in [-0.25, -0.2) is 0 Å². The van der Waals surface area contributed by atoms with E-state index in [1.54, 1.807) is 6.92 Å². The van der Waals surface area contributed by atoms with Crippen molar-refractivity contribution in [2.45, 2.75) is 34.1 Å². The maximum atomic E-state index is 11.2. The minimum atomic E-state index is -0.768. The van der Waals surface area contributed by atoms with E-state index in [9.17, 15) is 4.79 Å². The van der Waals surface area contributed by atoms with E-state index in [1.807, 2.05) is 24.3 Å². The molecule has 1 aromatic rings. The van der Waals surface area contributed by atoms with Crippen LogP contribution in [0.2, 0.25) is 0 Å². The number of benzene rings is 1. The first-order valence-corrected chi connectivity index (χ1v) is 7.65. The van der Waals surface area contributed by atoms with Crippen molar-refractivity contribution in [1.82, 2.24) is 0 Å². The molecule has 1 atom stereocenters. The van der Waals surface area contributed by atoms with Gasteiger partial charge in [0.15, 0.2) is 0 Å². The second-order valence-electron chi connectivity index (χ2n) is 5.85. The van der Waals surface area contributed by atoms with Crippen molar-refractivity contribution in [2.24, 2.45) is 11.8 Å². The summed E-state index contributed by atoms with van der Waals surface area (Å²) in [5.41, 5.74) is 0.979. The molecule has 1 N–H and O–H groups in total. The van der Waals surface area contributed by atoms with Crippen LogP contribution in [-0.2, 0) is 4.79 Å². The molecular weight excluding hydrogens is 266 g/mol. The minimum Gasteiger partial charge on any atom is -0.491 e. The summed E-state index contributed by atoms with van der Waals surface area (Å²) in [6, 6.07) is 7.86. The maximum Gasteiger partial charge on any atom is 0.308 e. The lowest BCUT2D eigenvalue weighted by Crippen LogP contribution is -2.34. The highest BCUT2D eigenvalue weighted by Crippen LogP contribution is 2.29. The number of nitrogens with zero attached hydrogens (tertiary/aromatic N) is 1. The van der Waals surface area contributed by atoms with E-state index in [-0.39, 0.29) is 0 Å². The summed E-state index contributed by atoms with van der Waals surface area (Å²) in [6.45, 7) is 10.0. The molecule has 4 heteroatoms. The van der Waals surface area contributed by atoms with Crippen molar-refractivity contribution in [1.29, 1.82) is 0 Å². The lowest BCUT2D eigenvalue weighted by molar-refractivity contribution is -0.140. The van der Waals surface area contributed by atoms with Crippen molar-refractivity contribution in [3.63, 3.8) is 0 Å². The van der Waals surface area contributed by atoms with E-state index in [2.05, 4.69) is 25.7 Å². The Balaban J connectivity index is 2.98. The van der Waals surface area contributed by atoms with Crippen LogP contribution in [0.5, 0.6) is 5.75 Å². The Morgan fingerprint density at radius 2 is 1.90 bits per heavy atom. The van der Waals surface area contributed by atoms with Crippen LogP contribution in [0.25, 0.3) is 0 Å². The molecule has 4 nitrogen and oxygen atoms in total. The van der Waals surface area contributed by atoms with Gasteiger partial charge in [-0.2, -0.15) is 0 Å². The zero-order valence-corrected chi connectivity index (χ0v) is 13.5. The molecule has 0 saturated heterocycles. The predicted octanol–water partition coefficient (Wildman–Crippen LogP) is 3.66. The first-order valence-electron chi connectivity index (χ1n) is 7.65. The molecule has 0 amide bonds. The maximum absolute atomic E-state index is 11.2. The quantitative estimate of drug-likeness (QED) is 0.755. The molecule has 1 unspecified atom stereocenters. The molecule has 0 aliphatic heterocycles. The number of ether oxygens (including phenoxy) is 1. The van der Waals surface area contributed by atoms with Gasteiger partial charge in [0, 0.05) is 13.1 Å². The molecule has 0 radical (unpaired) electrons. The smallest absolute Gasteiger partial charge is 0.308 e. The van der Waals surface area contributed by atoms with E-state index in [4.69, 9.17) is 9.84 Å². The Bertz CT molecular complexity index is 445. The summed E-state index contributed by atoms with van der Waals surface area (Å²) >= 11 is 0. The van der Waals surface area contributed by atoms with Gasteiger partial charge in [0.2, 0.25) is 0 Å². The molecule has 1 rings (SSSR count). The van der Waals surface area contributed by atoms with Gasteiger partial charge in [-0.15, -0.1) is 0 Å². The third kappa shape index (κ3) is 5.66. The van der Waals surface area contributed by atoms with Crippen molar-refractivity contribution >= 4 is 11.7 Å². The van der Waals surface area contributed by atoms with Gasteiger partial charge in [-0.1, -0.05) is 39.8 Å². The largest absolute Gasteiger partial charge is 0.491 e. The van der Waals surface area contributed by atoms with Crippen LogP contribution in [-0.4, -0.2) is 30.8 Å². The SMILES string of the molecule is CCCOc1ccccc1N(CC(C)C)CC(C)C(=O)O. The summed E-state index contributed by atoms with van der Waals surface area (Å²) in [6.07, 6.45) is 0.948. The molecule has 1 aromatic carbocycles. The van der Waals surface area contributed by atoms with Gasteiger partial charge < -0.3 is 14.7 Å². The van der Waals surface area contributed by atoms with Crippen molar-refractivity contribution in [3.05, 3.63) is 24.3 Å². The fraction of sp³-hybridized carbons (Fsp3) is 0.588. The minimum absolute atomic E-state index is 0.414. The van der Waals surface area contributed by atoms with Crippen LogP contribution in [0.15, 0.2) is 24.3 Å². The number of carboxylic acids is 1. The summed E-state index contributed by atoms with van der Waals surface area (Å²) in [5.74, 6) is 0.0986. The highest BCUT2D eigenvalue weighted by Gasteiger charge is 2.19. The van der Waals surface area contributed by atoms with Crippen LogP contribution in [0, 0.1) is 11.8 Å². The highest BCUT2D eigenvalue weighted by molar-refractivity contribution is 5.71. The summed E-state index contributed by atoms with van der Waals surface area (Å²) in [5, 5.41) is 9.16. The summed E-state index contributed by atoms with van der Waals surface area (Å²) < 4.78 is 5.80. The number of hydrogen-bond donors (Lipinski definition) is 1. The standard InChI is InChI=1S/C17H27NO3/c1-5-10-21-16-9-7-6-8-15(16)18(11-13(2)3)12-14(4)17(19)20/h6-9,13-14H,5,10-12H2,1-4H3,(H,19,20). The molecule has 0 fully saturated rings. The molecule has 0 aromatic heterocycles. The predicted molar refractivity (Wildman–Crippen MR) is 86.1 cm³/mol. The van der Waals surface area contributed by atoms with E-state index in [0.29, 0.717) is 19.1 Å². The zero-order valence-electron chi connectivity index (χ0n) is 13.5. The number of carbonyl (C=O) groups is 1.